The van der Waals surface area contributed by atoms with E-state index in [1.807, 2.05) is 6.20 Å². The fourth-order valence-corrected chi connectivity index (χ4v) is 5.94. The van der Waals surface area contributed by atoms with Crippen molar-refractivity contribution in [2.24, 2.45) is 5.41 Å². The number of hydrogen-bond acceptors (Lipinski definition) is 2. The molecule has 33 heavy (non-hydrogen) atoms. The highest BCUT2D eigenvalue weighted by Crippen LogP contribution is 2.52. The quantitative estimate of drug-likeness (QED) is 0.264. The molecule has 0 aliphatic heterocycles. The maximum absolute atomic E-state index is 6.69. The molecule has 2 heteroatoms. The molecule has 1 aliphatic carbocycles. The Balaban J connectivity index is 1.83. The summed E-state index contributed by atoms with van der Waals surface area (Å²) in [5, 5.41) is 5.03. The Kier molecular flexibility index (Phi) is 4.01. The lowest BCUT2D eigenvalue weighted by Crippen LogP contribution is -2.20. The lowest BCUT2D eigenvalue weighted by Gasteiger charge is -2.30. The van der Waals surface area contributed by atoms with E-state index in [0.29, 0.717) is 0 Å². The molecule has 2 heterocycles. The molecule has 0 unspecified atom stereocenters. The SMILES string of the molecule is Cc1ccc2c3c(ccc2c1)-c1ncc(C)c2oc4c(CC(C)(C)C)ccc(c4c12)C3(C)C. The van der Waals surface area contributed by atoms with Gasteiger partial charge in [0, 0.05) is 28.1 Å². The Morgan fingerprint density at radius 1 is 0.909 bits per heavy atom. The number of aryl methyl sites for hydroxylation is 2. The van der Waals surface area contributed by atoms with Crippen molar-refractivity contribution in [1.82, 2.24) is 4.98 Å². The van der Waals surface area contributed by atoms with Gasteiger partial charge in [-0.05, 0) is 53.1 Å². The van der Waals surface area contributed by atoms with Gasteiger partial charge in [-0.1, -0.05) is 82.6 Å². The van der Waals surface area contributed by atoms with Crippen LogP contribution in [-0.2, 0) is 11.8 Å². The minimum absolute atomic E-state index is 0.177. The van der Waals surface area contributed by atoms with Gasteiger partial charge in [-0.25, -0.2) is 0 Å². The Morgan fingerprint density at radius 2 is 1.70 bits per heavy atom. The standard InChI is InChI=1S/C31H31NO/c1-17-8-11-21-19(14-17)9-12-22-26(21)31(6,7)23-13-10-20(15-30(3,4)5)29-24(23)25-27(22)32-16-18(2)28(25)33-29/h8-14,16H,15H2,1-7H3. The number of fused-ring (bicyclic) bond motifs is 4. The number of nitrogens with zero attached hydrogens (tertiary/aromatic N) is 1. The van der Waals surface area contributed by atoms with Gasteiger partial charge in [0.05, 0.1) is 11.1 Å². The summed E-state index contributed by atoms with van der Waals surface area (Å²) in [6, 6.07) is 16.0. The molecule has 6 rings (SSSR count). The van der Waals surface area contributed by atoms with Crippen LogP contribution in [0.15, 0.2) is 53.1 Å². The van der Waals surface area contributed by atoms with Crippen molar-refractivity contribution in [3.8, 4) is 11.3 Å². The average molecular weight is 434 g/mol. The van der Waals surface area contributed by atoms with E-state index < -0.39 is 0 Å². The maximum Gasteiger partial charge on any atom is 0.142 e. The van der Waals surface area contributed by atoms with E-state index in [9.17, 15) is 0 Å². The first-order valence-electron chi connectivity index (χ1n) is 11.9. The molecular formula is C31H31NO. The normalized spacial score (nSPS) is 14.9. The van der Waals surface area contributed by atoms with E-state index in [-0.39, 0.29) is 10.8 Å². The van der Waals surface area contributed by atoms with Crippen molar-refractivity contribution in [1.29, 1.82) is 0 Å². The number of hydrogen-bond donors (Lipinski definition) is 0. The molecule has 0 atom stereocenters. The largest absolute Gasteiger partial charge is 0.455 e. The maximum atomic E-state index is 6.69. The zero-order valence-corrected chi connectivity index (χ0v) is 20.7. The van der Waals surface area contributed by atoms with Gasteiger partial charge in [0.1, 0.15) is 11.2 Å². The number of benzene rings is 3. The van der Waals surface area contributed by atoms with Gasteiger partial charge in [0.2, 0.25) is 0 Å². The van der Waals surface area contributed by atoms with Crippen molar-refractivity contribution >= 4 is 32.7 Å². The van der Waals surface area contributed by atoms with E-state index in [0.717, 1.165) is 28.8 Å². The van der Waals surface area contributed by atoms with Crippen LogP contribution in [-0.4, -0.2) is 4.98 Å². The highest BCUT2D eigenvalue weighted by Gasteiger charge is 2.36. The molecule has 0 fully saturated rings. The van der Waals surface area contributed by atoms with Crippen LogP contribution in [0.1, 0.15) is 62.4 Å². The minimum Gasteiger partial charge on any atom is -0.455 e. The molecule has 2 aromatic heterocycles. The van der Waals surface area contributed by atoms with Crippen molar-refractivity contribution < 1.29 is 4.42 Å². The molecule has 3 aromatic carbocycles. The van der Waals surface area contributed by atoms with Crippen molar-refractivity contribution in [3.05, 3.63) is 76.5 Å². The van der Waals surface area contributed by atoms with Gasteiger partial charge in [-0.15, -0.1) is 0 Å². The van der Waals surface area contributed by atoms with Crippen LogP contribution < -0.4 is 0 Å². The average Bonchev–Trinajstić information content (AvgIpc) is 3.11. The van der Waals surface area contributed by atoms with Crippen LogP contribution in [0.4, 0.5) is 0 Å². The molecular weight excluding hydrogens is 402 g/mol. The molecule has 1 aliphatic rings. The second-order valence-corrected chi connectivity index (χ2v) is 11.6. The number of rotatable bonds is 1. The molecule has 0 saturated heterocycles. The first-order valence-corrected chi connectivity index (χ1v) is 11.9. The summed E-state index contributed by atoms with van der Waals surface area (Å²) in [5.41, 5.74) is 10.6. The number of pyridine rings is 1. The van der Waals surface area contributed by atoms with Crippen LogP contribution in [0.5, 0.6) is 0 Å². The molecule has 0 bridgehead atoms. The lowest BCUT2D eigenvalue weighted by molar-refractivity contribution is 0.410. The van der Waals surface area contributed by atoms with Gasteiger partial charge in [-0.3, -0.25) is 4.98 Å². The predicted molar refractivity (Wildman–Crippen MR) is 139 cm³/mol. The first-order chi connectivity index (χ1) is 15.6. The van der Waals surface area contributed by atoms with Crippen LogP contribution in [0.3, 0.4) is 0 Å². The van der Waals surface area contributed by atoms with E-state index in [2.05, 4.69) is 90.9 Å². The topological polar surface area (TPSA) is 26.0 Å². The predicted octanol–water partition coefficient (Wildman–Crippen LogP) is 8.65. The summed E-state index contributed by atoms with van der Waals surface area (Å²) < 4.78 is 6.69. The van der Waals surface area contributed by atoms with Crippen molar-refractivity contribution in [2.75, 3.05) is 0 Å². The third kappa shape index (κ3) is 2.83. The zero-order chi connectivity index (χ0) is 23.3. The zero-order valence-electron chi connectivity index (χ0n) is 20.7. The monoisotopic (exact) mass is 433 g/mol. The Bertz CT molecular complexity index is 1610. The highest BCUT2D eigenvalue weighted by atomic mass is 16.3. The van der Waals surface area contributed by atoms with Gasteiger partial charge in [0.15, 0.2) is 0 Å². The van der Waals surface area contributed by atoms with Crippen LogP contribution >= 0.6 is 0 Å². The van der Waals surface area contributed by atoms with E-state index in [1.165, 1.54) is 49.4 Å². The Hall–Kier alpha value is -3.13. The van der Waals surface area contributed by atoms with Crippen LogP contribution in [0.2, 0.25) is 0 Å². The fraction of sp³-hybridized carbons (Fsp3) is 0.323. The second-order valence-electron chi connectivity index (χ2n) is 11.6. The highest BCUT2D eigenvalue weighted by molar-refractivity contribution is 6.17. The molecule has 0 amide bonds. The van der Waals surface area contributed by atoms with Gasteiger partial charge in [0.25, 0.3) is 0 Å². The third-order valence-electron chi connectivity index (χ3n) is 7.35. The molecule has 2 nitrogen and oxygen atoms in total. The Labute approximate surface area is 195 Å². The minimum atomic E-state index is -0.200. The summed E-state index contributed by atoms with van der Waals surface area (Å²) in [6.45, 7) is 15.9. The summed E-state index contributed by atoms with van der Waals surface area (Å²) >= 11 is 0. The summed E-state index contributed by atoms with van der Waals surface area (Å²) in [4.78, 5) is 5.03. The lowest BCUT2D eigenvalue weighted by atomic mass is 9.73. The van der Waals surface area contributed by atoms with Crippen LogP contribution in [0, 0.1) is 19.3 Å². The van der Waals surface area contributed by atoms with E-state index in [1.54, 1.807) is 0 Å². The van der Waals surface area contributed by atoms with E-state index in [4.69, 9.17) is 9.40 Å². The third-order valence-corrected chi connectivity index (χ3v) is 7.35. The van der Waals surface area contributed by atoms with Gasteiger partial charge in [-0.2, -0.15) is 0 Å². The van der Waals surface area contributed by atoms with Gasteiger partial charge >= 0.3 is 0 Å². The molecule has 166 valence electrons. The van der Waals surface area contributed by atoms with E-state index >= 15 is 0 Å². The fourth-order valence-electron chi connectivity index (χ4n) is 5.94. The smallest absolute Gasteiger partial charge is 0.142 e. The van der Waals surface area contributed by atoms with Crippen molar-refractivity contribution in [3.63, 3.8) is 0 Å². The summed E-state index contributed by atoms with van der Waals surface area (Å²) in [5.74, 6) is 0. The molecule has 0 N–H and O–H groups in total. The second kappa shape index (κ2) is 6.47. The molecule has 5 aromatic rings. The van der Waals surface area contributed by atoms with Crippen molar-refractivity contribution in [2.45, 2.75) is 60.3 Å². The number of aromatic nitrogens is 1. The van der Waals surface area contributed by atoms with Crippen LogP contribution in [0.25, 0.3) is 44.0 Å². The Morgan fingerprint density at radius 3 is 2.45 bits per heavy atom. The first kappa shape index (κ1) is 20.5. The summed E-state index contributed by atoms with van der Waals surface area (Å²) in [6.07, 6.45) is 2.95. The molecule has 0 saturated carbocycles. The molecule has 0 radical (unpaired) electrons. The number of furan rings is 1. The molecule has 0 spiro atoms. The van der Waals surface area contributed by atoms with Gasteiger partial charge < -0.3 is 4.42 Å². The summed E-state index contributed by atoms with van der Waals surface area (Å²) in [7, 11) is 0.